The zero-order valence-electron chi connectivity index (χ0n) is 13.1. The van der Waals surface area contributed by atoms with Gasteiger partial charge < -0.3 is 5.32 Å². The molecule has 2 aromatic heterocycles. The molecule has 1 aromatic carbocycles. The number of nitrogens with zero attached hydrogens (tertiary/aromatic N) is 4. The van der Waals surface area contributed by atoms with Crippen LogP contribution in [0.5, 0.6) is 0 Å². The van der Waals surface area contributed by atoms with E-state index in [0.717, 1.165) is 22.5 Å². The van der Waals surface area contributed by atoms with Crippen molar-refractivity contribution in [1.82, 2.24) is 14.8 Å². The molecule has 1 N–H and O–H groups in total. The summed E-state index contributed by atoms with van der Waals surface area (Å²) in [5.41, 5.74) is 4.49. The maximum atomic E-state index is 9.20. The number of hydrogen-bond donors (Lipinski definition) is 1. The van der Waals surface area contributed by atoms with Gasteiger partial charge in [0.2, 0.25) is 0 Å². The van der Waals surface area contributed by atoms with E-state index in [-0.39, 0.29) is 0 Å². The molecule has 0 radical (unpaired) electrons. The Hall–Kier alpha value is -3.13. The number of nitrogens with one attached hydrogen (secondary N) is 1. The molecule has 3 rings (SSSR count). The SMILES string of the molecule is Cc1ccc(C#N)c(NCc2cn(C)nc2-c2ccccc2)n1. The zero-order valence-corrected chi connectivity index (χ0v) is 13.1. The summed E-state index contributed by atoms with van der Waals surface area (Å²) in [6, 6.07) is 15.8. The Morgan fingerprint density at radius 3 is 2.70 bits per heavy atom. The second kappa shape index (κ2) is 6.32. The van der Waals surface area contributed by atoms with Crippen LogP contribution in [0.25, 0.3) is 11.3 Å². The third-order valence-corrected chi connectivity index (χ3v) is 3.55. The highest BCUT2D eigenvalue weighted by molar-refractivity contribution is 5.63. The van der Waals surface area contributed by atoms with Gasteiger partial charge in [0, 0.05) is 36.6 Å². The van der Waals surface area contributed by atoms with E-state index in [2.05, 4.69) is 21.5 Å². The lowest BCUT2D eigenvalue weighted by Gasteiger charge is -2.08. The van der Waals surface area contributed by atoms with Crippen molar-refractivity contribution in [2.24, 2.45) is 7.05 Å². The summed E-state index contributed by atoms with van der Waals surface area (Å²) in [5.74, 6) is 0.607. The summed E-state index contributed by atoms with van der Waals surface area (Å²) in [5, 5.41) is 17.0. The van der Waals surface area contributed by atoms with Crippen molar-refractivity contribution in [3.63, 3.8) is 0 Å². The molecule has 0 saturated heterocycles. The Kier molecular flexibility index (Phi) is 4.07. The van der Waals surface area contributed by atoms with Gasteiger partial charge in [-0.3, -0.25) is 4.68 Å². The molecule has 0 saturated carbocycles. The molecule has 0 bridgehead atoms. The van der Waals surface area contributed by atoms with E-state index in [0.29, 0.717) is 17.9 Å². The van der Waals surface area contributed by atoms with E-state index in [1.54, 1.807) is 10.7 Å². The van der Waals surface area contributed by atoms with Crippen molar-refractivity contribution >= 4 is 5.82 Å². The first-order valence-corrected chi connectivity index (χ1v) is 7.37. The first-order chi connectivity index (χ1) is 11.2. The molecule has 0 fully saturated rings. The highest BCUT2D eigenvalue weighted by atomic mass is 15.3. The smallest absolute Gasteiger partial charge is 0.144 e. The normalized spacial score (nSPS) is 10.3. The Bertz CT molecular complexity index is 859. The van der Waals surface area contributed by atoms with Crippen LogP contribution in [-0.4, -0.2) is 14.8 Å². The van der Waals surface area contributed by atoms with Gasteiger partial charge >= 0.3 is 0 Å². The van der Waals surface area contributed by atoms with E-state index in [1.165, 1.54) is 0 Å². The molecule has 114 valence electrons. The second-order valence-corrected chi connectivity index (χ2v) is 5.36. The lowest BCUT2D eigenvalue weighted by Crippen LogP contribution is -2.04. The molecule has 5 heteroatoms. The minimum absolute atomic E-state index is 0.542. The van der Waals surface area contributed by atoms with Crippen LogP contribution in [0.4, 0.5) is 5.82 Å². The predicted octanol–water partition coefficient (Wildman–Crippen LogP) is 3.27. The van der Waals surface area contributed by atoms with Crippen LogP contribution in [0.2, 0.25) is 0 Å². The van der Waals surface area contributed by atoms with E-state index >= 15 is 0 Å². The summed E-state index contributed by atoms with van der Waals surface area (Å²) in [6.07, 6.45) is 1.98. The third-order valence-electron chi connectivity index (χ3n) is 3.55. The first-order valence-electron chi connectivity index (χ1n) is 7.37. The monoisotopic (exact) mass is 303 g/mol. The number of benzene rings is 1. The lowest BCUT2D eigenvalue weighted by atomic mass is 10.1. The average Bonchev–Trinajstić information content (AvgIpc) is 2.95. The van der Waals surface area contributed by atoms with Gasteiger partial charge in [0.1, 0.15) is 11.9 Å². The molecular formula is C18H17N5. The fourth-order valence-corrected chi connectivity index (χ4v) is 2.47. The molecule has 0 aliphatic carbocycles. The van der Waals surface area contributed by atoms with Crippen LogP contribution in [0, 0.1) is 18.3 Å². The maximum absolute atomic E-state index is 9.20. The number of anilines is 1. The van der Waals surface area contributed by atoms with E-state index in [9.17, 15) is 5.26 Å². The van der Waals surface area contributed by atoms with E-state index in [4.69, 9.17) is 0 Å². The number of nitriles is 1. The lowest BCUT2D eigenvalue weighted by molar-refractivity contribution is 0.770. The van der Waals surface area contributed by atoms with Gasteiger partial charge in [-0.25, -0.2) is 4.98 Å². The highest BCUT2D eigenvalue weighted by Crippen LogP contribution is 2.23. The van der Waals surface area contributed by atoms with Gasteiger partial charge in [0.15, 0.2) is 0 Å². The van der Waals surface area contributed by atoms with Gasteiger partial charge in [0.05, 0.1) is 11.3 Å². The van der Waals surface area contributed by atoms with Crippen LogP contribution in [0.1, 0.15) is 16.8 Å². The molecule has 23 heavy (non-hydrogen) atoms. The Labute approximate surface area is 135 Å². The Balaban J connectivity index is 1.88. The highest BCUT2D eigenvalue weighted by Gasteiger charge is 2.11. The number of aryl methyl sites for hydroxylation is 2. The van der Waals surface area contributed by atoms with Crippen molar-refractivity contribution in [2.75, 3.05) is 5.32 Å². The Morgan fingerprint density at radius 1 is 1.17 bits per heavy atom. The van der Waals surface area contributed by atoms with Gasteiger partial charge in [0.25, 0.3) is 0 Å². The number of aromatic nitrogens is 3. The standard InChI is InChI=1S/C18H17N5/c1-13-8-9-15(10-19)18(21-13)20-11-16-12-23(2)22-17(16)14-6-4-3-5-7-14/h3-9,12H,11H2,1-2H3,(H,20,21). The van der Waals surface area contributed by atoms with Crippen molar-refractivity contribution < 1.29 is 0 Å². The molecule has 0 aliphatic heterocycles. The van der Waals surface area contributed by atoms with Crippen molar-refractivity contribution in [1.29, 1.82) is 5.26 Å². The summed E-state index contributed by atoms with van der Waals surface area (Å²) in [6.45, 7) is 2.47. The van der Waals surface area contributed by atoms with E-state index < -0.39 is 0 Å². The molecule has 3 aromatic rings. The summed E-state index contributed by atoms with van der Waals surface area (Å²) >= 11 is 0. The molecule has 0 spiro atoms. The van der Waals surface area contributed by atoms with Crippen LogP contribution in [0.15, 0.2) is 48.7 Å². The van der Waals surface area contributed by atoms with Gasteiger partial charge in [-0.1, -0.05) is 30.3 Å². The van der Waals surface area contributed by atoms with Gasteiger partial charge in [-0.05, 0) is 19.1 Å². The molecular weight excluding hydrogens is 286 g/mol. The summed E-state index contributed by atoms with van der Waals surface area (Å²) in [4.78, 5) is 4.41. The van der Waals surface area contributed by atoms with Crippen molar-refractivity contribution in [2.45, 2.75) is 13.5 Å². The quantitative estimate of drug-likeness (QED) is 0.803. The molecule has 0 unspecified atom stereocenters. The van der Waals surface area contributed by atoms with Crippen LogP contribution in [-0.2, 0) is 13.6 Å². The maximum Gasteiger partial charge on any atom is 0.144 e. The minimum Gasteiger partial charge on any atom is -0.365 e. The van der Waals surface area contributed by atoms with Gasteiger partial charge in [-0.15, -0.1) is 0 Å². The minimum atomic E-state index is 0.542. The number of hydrogen-bond acceptors (Lipinski definition) is 4. The average molecular weight is 303 g/mol. The molecule has 0 atom stereocenters. The van der Waals surface area contributed by atoms with E-state index in [1.807, 2.05) is 56.6 Å². The molecule has 0 aliphatic rings. The zero-order chi connectivity index (χ0) is 16.2. The summed E-state index contributed by atoms with van der Waals surface area (Å²) in [7, 11) is 1.90. The molecule has 0 amide bonds. The van der Waals surface area contributed by atoms with Crippen LogP contribution >= 0.6 is 0 Å². The largest absolute Gasteiger partial charge is 0.365 e. The van der Waals surface area contributed by atoms with Crippen molar-refractivity contribution in [3.8, 4) is 17.3 Å². The van der Waals surface area contributed by atoms with Crippen LogP contribution < -0.4 is 5.32 Å². The fourth-order valence-electron chi connectivity index (χ4n) is 2.47. The second-order valence-electron chi connectivity index (χ2n) is 5.36. The Morgan fingerprint density at radius 2 is 1.96 bits per heavy atom. The first kappa shape index (κ1) is 14.8. The third kappa shape index (κ3) is 3.22. The number of pyridine rings is 1. The van der Waals surface area contributed by atoms with Crippen LogP contribution in [0.3, 0.4) is 0 Å². The van der Waals surface area contributed by atoms with Gasteiger partial charge in [-0.2, -0.15) is 10.4 Å². The number of rotatable bonds is 4. The fraction of sp³-hybridized carbons (Fsp3) is 0.167. The predicted molar refractivity (Wildman–Crippen MR) is 89.7 cm³/mol. The summed E-state index contributed by atoms with van der Waals surface area (Å²) < 4.78 is 1.80. The molecule has 5 nitrogen and oxygen atoms in total. The topological polar surface area (TPSA) is 66.5 Å². The molecule has 2 heterocycles. The van der Waals surface area contributed by atoms with Crippen molar-refractivity contribution in [3.05, 3.63) is 65.5 Å².